The zero-order chi connectivity index (χ0) is 10.5. The van der Waals surface area contributed by atoms with E-state index in [1.54, 1.807) is 6.26 Å². The molecular formula is C14H9NO. The van der Waals surface area contributed by atoms with E-state index in [1.807, 2.05) is 0 Å². The third-order valence-electron chi connectivity index (χ3n) is 3.13. The minimum Gasteiger partial charge on any atom is -0.494 e. The summed E-state index contributed by atoms with van der Waals surface area (Å²) in [4.78, 5) is 4.66. The van der Waals surface area contributed by atoms with Crippen molar-refractivity contribution in [2.75, 3.05) is 0 Å². The normalized spacial score (nSPS) is 14.2. The monoisotopic (exact) mass is 207 g/mol. The highest BCUT2D eigenvalue weighted by molar-refractivity contribution is 5.80. The van der Waals surface area contributed by atoms with Gasteiger partial charge in [0.25, 0.3) is 0 Å². The molecule has 0 atom stereocenters. The van der Waals surface area contributed by atoms with Gasteiger partial charge in [0.2, 0.25) is 0 Å². The number of pyridine rings is 1. The van der Waals surface area contributed by atoms with Crippen LogP contribution in [0.1, 0.15) is 11.1 Å². The molecule has 16 heavy (non-hydrogen) atoms. The molecule has 4 rings (SSSR count). The molecule has 1 aliphatic carbocycles. The fourth-order valence-electron chi connectivity index (χ4n) is 2.35. The summed E-state index contributed by atoms with van der Waals surface area (Å²) in [6, 6.07) is 10.5. The van der Waals surface area contributed by atoms with Crippen molar-refractivity contribution in [3.63, 3.8) is 0 Å². The Balaban J connectivity index is 2.13. The summed E-state index contributed by atoms with van der Waals surface area (Å²) >= 11 is 0. The van der Waals surface area contributed by atoms with Crippen molar-refractivity contribution in [3.8, 4) is 11.3 Å². The van der Waals surface area contributed by atoms with Crippen molar-refractivity contribution in [3.05, 3.63) is 52.0 Å². The minimum atomic E-state index is 0.653. The van der Waals surface area contributed by atoms with Crippen LogP contribution < -0.4 is 10.6 Å². The molecule has 2 heteroatoms. The molecule has 76 valence electrons. The van der Waals surface area contributed by atoms with Crippen LogP contribution in [0.15, 0.2) is 30.3 Å². The molecule has 0 bridgehead atoms. The van der Waals surface area contributed by atoms with Crippen LogP contribution in [0.5, 0.6) is 0 Å². The van der Waals surface area contributed by atoms with Gasteiger partial charge in [-0.25, -0.2) is 4.98 Å². The van der Waals surface area contributed by atoms with Gasteiger partial charge in [-0.05, 0) is 17.7 Å². The zero-order valence-electron chi connectivity index (χ0n) is 8.60. The van der Waals surface area contributed by atoms with Gasteiger partial charge < -0.3 is 4.74 Å². The molecule has 2 aliphatic rings. The fraction of sp³-hybridized carbons (Fsp3) is 0.0714. The standard InChI is InChI=1S/C14H9NO/c1-2-4-12-9(3-1)5-10-6-11-7-16-8-13(11)15-14(10)12/h1-6,8H,7H2. The van der Waals surface area contributed by atoms with Crippen LogP contribution in [-0.2, 0) is 11.3 Å². The first-order valence-corrected chi connectivity index (χ1v) is 5.35. The van der Waals surface area contributed by atoms with Crippen LogP contribution in [0.3, 0.4) is 0 Å². The molecule has 1 aromatic carbocycles. The molecule has 0 radical (unpaired) electrons. The highest BCUT2D eigenvalue weighted by Crippen LogP contribution is 2.23. The maximum atomic E-state index is 5.28. The number of hydrogen-bond acceptors (Lipinski definition) is 2. The molecule has 2 nitrogen and oxygen atoms in total. The van der Waals surface area contributed by atoms with Gasteiger partial charge in [0.1, 0.15) is 18.2 Å². The molecular weight excluding hydrogens is 198 g/mol. The summed E-state index contributed by atoms with van der Waals surface area (Å²) in [7, 11) is 0. The maximum Gasteiger partial charge on any atom is 0.115 e. The maximum absolute atomic E-state index is 5.28. The van der Waals surface area contributed by atoms with Crippen LogP contribution in [0.25, 0.3) is 23.6 Å². The quantitative estimate of drug-likeness (QED) is 0.552. The second-order valence-corrected chi connectivity index (χ2v) is 4.13. The lowest BCUT2D eigenvalue weighted by atomic mass is 10.1. The van der Waals surface area contributed by atoms with Gasteiger partial charge in [-0.1, -0.05) is 24.3 Å². The predicted molar refractivity (Wildman–Crippen MR) is 61.7 cm³/mol. The Morgan fingerprint density at radius 3 is 3.12 bits per heavy atom. The van der Waals surface area contributed by atoms with Crippen molar-refractivity contribution in [2.24, 2.45) is 0 Å². The molecule has 0 saturated heterocycles. The Kier molecular flexibility index (Phi) is 1.38. The lowest BCUT2D eigenvalue weighted by Crippen LogP contribution is -2.17. The van der Waals surface area contributed by atoms with Gasteiger partial charge in [-0.15, -0.1) is 0 Å². The number of fused-ring (bicyclic) bond motifs is 4. The van der Waals surface area contributed by atoms with Crippen LogP contribution in [0.4, 0.5) is 0 Å². The Morgan fingerprint density at radius 1 is 1.19 bits per heavy atom. The second-order valence-electron chi connectivity index (χ2n) is 4.13. The van der Waals surface area contributed by atoms with E-state index in [4.69, 9.17) is 4.74 Å². The molecule has 1 aliphatic heterocycles. The summed E-state index contributed by atoms with van der Waals surface area (Å²) in [5.74, 6) is 0. The molecule has 0 amide bonds. The molecule has 0 saturated carbocycles. The number of nitrogens with zero attached hydrogens (tertiary/aromatic N) is 1. The van der Waals surface area contributed by atoms with Crippen molar-refractivity contribution in [2.45, 2.75) is 6.61 Å². The Hall–Kier alpha value is -2.09. The van der Waals surface area contributed by atoms with Crippen LogP contribution in [-0.4, -0.2) is 4.98 Å². The molecule has 0 unspecified atom stereocenters. The summed E-state index contributed by atoms with van der Waals surface area (Å²) < 4.78 is 5.28. The second kappa shape index (κ2) is 2.73. The number of aromatic nitrogens is 1. The predicted octanol–water partition coefficient (Wildman–Crippen LogP) is 1.16. The Labute approximate surface area is 92.5 Å². The van der Waals surface area contributed by atoms with E-state index in [-0.39, 0.29) is 0 Å². The van der Waals surface area contributed by atoms with Gasteiger partial charge in [0.05, 0.1) is 5.69 Å². The van der Waals surface area contributed by atoms with E-state index in [1.165, 1.54) is 21.9 Å². The lowest BCUT2D eigenvalue weighted by Gasteiger charge is -1.99. The molecule has 2 aromatic rings. The molecule has 2 heterocycles. The number of ether oxygens (including phenoxy) is 1. The van der Waals surface area contributed by atoms with Crippen molar-refractivity contribution < 1.29 is 4.74 Å². The summed E-state index contributed by atoms with van der Waals surface area (Å²) in [5.41, 5.74) is 4.74. The van der Waals surface area contributed by atoms with Crippen molar-refractivity contribution in [1.82, 2.24) is 4.98 Å². The minimum absolute atomic E-state index is 0.653. The number of rotatable bonds is 0. The van der Waals surface area contributed by atoms with E-state index in [9.17, 15) is 0 Å². The van der Waals surface area contributed by atoms with E-state index < -0.39 is 0 Å². The first-order valence-electron chi connectivity index (χ1n) is 5.35. The molecule has 0 fully saturated rings. The molecule has 0 N–H and O–H groups in total. The Morgan fingerprint density at radius 2 is 2.12 bits per heavy atom. The van der Waals surface area contributed by atoms with Crippen LogP contribution >= 0.6 is 0 Å². The van der Waals surface area contributed by atoms with Gasteiger partial charge in [0.15, 0.2) is 0 Å². The number of benzene rings is 1. The van der Waals surface area contributed by atoms with E-state index >= 15 is 0 Å². The first kappa shape index (κ1) is 8.11. The Bertz CT molecular complexity index is 716. The highest BCUT2D eigenvalue weighted by Gasteiger charge is 2.15. The average molecular weight is 207 g/mol. The summed E-state index contributed by atoms with van der Waals surface area (Å²) in [6.07, 6.45) is 3.94. The van der Waals surface area contributed by atoms with E-state index in [0.717, 1.165) is 11.0 Å². The third kappa shape index (κ3) is 0.936. The van der Waals surface area contributed by atoms with Gasteiger partial charge in [-0.3, -0.25) is 0 Å². The molecule has 0 spiro atoms. The van der Waals surface area contributed by atoms with Crippen LogP contribution in [0, 0.1) is 0 Å². The van der Waals surface area contributed by atoms with Gasteiger partial charge >= 0.3 is 0 Å². The summed E-state index contributed by atoms with van der Waals surface area (Å²) in [6.45, 7) is 0.653. The van der Waals surface area contributed by atoms with Gasteiger partial charge in [-0.2, -0.15) is 0 Å². The van der Waals surface area contributed by atoms with Crippen molar-refractivity contribution >= 4 is 12.3 Å². The van der Waals surface area contributed by atoms with Crippen molar-refractivity contribution in [1.29, 1.82) is 0 Å². The number of hydrogen-bond donors (Lipinski definition) is 0. The fourth-order valence-corrected chi connectivity index (χ4v) is 2.35. The summed E-state index contributed by atoms with van der Waals surface area (Å²) in [5, 5.41) is 2.18. The average Bonchev–Trinajstić information content (AvgIpc) is 2.88. The SMILES string of the molecule is C1=c2cc3c(nc2-c2ccccc21)=COC3. The van der Waals surface area contributed by atoms with Gasteiger partial charge in [0, 0.05) is 16.3 Å². The molecule has 1 aromatic heterocycles. The zero-order valence-corrected chi connectivity index (χ0v) is 8.60. The largest absolute Gasteiger partial charge is 0.494 e. The lowest BCUT2D eigenvalue weighted by molar-refractivity contribution is 0.297. The van der Waals surface area contributed by atoms with Crippen LogP contribution in [0.2, 0.25) is 0 Å². The first-order chi connectivity index (χ1) is 7.92. The van der Waals surface area contributed by atoms with E-state index in [2.05, 4.69) is 41.4 Å². The van der Waals surface area contributed by atoms with E-state index in [0.29, 0.717) is 6.61 Å². The third-order valence-corrected chi connectivity index (χ3v) is 3.13. The smallest absolute Gasteiger partial charge is 0.115 e. The highest BCUT2D eigenvalue weighted by atomic mass is 16.5. The topological polar surface area (TPSA) is 22.1 Å².